The number of ether oxygens (including phenoxy) is 1. The van der Waals surface area contributed by atoms with Crippen LogP contribution in [0.3, 0.4) is 0 Å². The largest absolute Gasteiger partial charge is 0.466 e. The topological polar surface area (TPSA) is 95.9 Å². The number of esters is 1. The Morgan fingerprint density at radius 1 is 0.307 bits per heavy atom. The maximum atomic E-state index is 12.6. The van der Waals surface area contributed by atoms with Gasteiger partial charge in [0.15, 0.2) is 0 Å². The van der Waals surface area contributed by atoms with Crippen molar-refractivity contribution in [1.29, 1.82) is 0 Å². The molecule has 0 saturated heterocycles. The predicted molar refractivity (Wildman–Crippen MR) is 389 cm³/mol. The van der Waals surface area contributed by atoms with E-state index >= 15 is 0 Å². The van der Waals surface area contributed by atoms with Gasteiger partial charge in [-0.1, -0.05) is 424 Å². The van der Waals surface area contributed by atoms with Gasteiger partial charge in [-0.05, 0) is 51.4 Å². The summed E-state index contributed by atoms with van der Waals surface area (Å²) in [5.41, 5.74) is 0. The van der Waals surface area contributed by atoms with Crippen LogP contribution in [0.5, 0.6) is 0 Å². The number of allylic oxidation sites excluding steroid dienone is 2. The zero-order valence-electron chi connectivity index (χ0n) is 60.3. The number of rotatable bonds is 78. The number of unbranched alkanes of at least 4 members (excludes halogenated alkanes) is 65. The molecule has 0 aliphatic carbocycles. The van der Waals surface area contributed by atoms with Gasteiger partial charge in [0, 0.05) is 12.8 Å². The Hall–Kier alpha value is -1.40. The van der Waals surface area contributed by atoms with Crippen LogP contribution in [0.1, 0.15) is 476 Å². The van der Waals surface area contributed by atoms with Crippen LogP contribution in [0, 0.1) is 0 Å². The quantitative estimate of drug-likeness (QED) is 0.0320. The molecule has 0 aromatic rings. The Kier molecular flexibility index (Phi) is 76.8. The normalized spacial score (nSPS) is 12.5. The summed E-state index contributed by atoms with van der Waals surface area (Å²) >= 11 is 0. The van der Waals surface area contributed by atoms with E-state index in [4.69, 9.17) is 4.74 Å². The summed E-state index contributed by atoms with van der Waals surface area (Å²) in [6, 6.07) is -0.540. The van der Waals surface area contributed by atoms with Crippen LogP contribution in [-0.2, 0) is 14.3 Å². The number of nitrogens with one attached hydrogen (secondary N) is 1. The van der Waals surface area contributed by atoms with Gasteiger partial charge >= 0.3 is 5.97 Å². The van der Waals surface area contributed by atoms with Crippen molar-refractivity contribution in [1.82, 2.24) is 5.32 Å². The van der Waals surface area contributed by atoms with Crippen molar-refractivity contribution in [3.63, 3.8) is 0 Å². The lowest BCUT2D eigenvalue weighted by Crippen LogP contribution is -2.45. The van der Waals surface area contributed by atoms with Crippen molar-refractivity contribution < 1.29 is 24.5 Å². The number of amides is 1. The molecule has 1 amide bonds. The zero-order chi connectivity index (χ0) is 63.5. The summed E-state index contributed by atoms with van der Waals surface area (Å²) < 4.78 is 5.52. The molecular weight excluding hydrogens is 1080 g/mol. The van der Waals surface area contributed by atoms with Gasteiger partial charge < -0.3 is 20.3 Å². The summed E-state index contributed by atoms with van der Waals surface area (Å²) in [6.45, 7) is 5.01. The maximum Gasteiger partial charge on any atom is 0.305 e. The van der Waals surface area contributed by atoms with Gasteiger partial charge in [-0.3, -0.25) is 9.59 Å². The first-order valence-corrected chi connectivity index (χ1v) is 40.9. The molecular formula is C82H161NO5. The number of aliphatic hydroxyl groups excluding tert-OH is 2. The van der Waals surface area contributed by atoms with E-state index in [9.17, 15) is 19.8 Å². The average Bonchev–Trinajstić information content (AvgIpc) is 3.55. The molecule has 0 saturated carbocycles. The molecule has 6 nitrogen and oxygen atoms in total. The molecule has 0 radical (unpaired) electrons. The third kappa shape index (κ3) is 73.6. The van der Waals surface area contributed by atoms with E-state index in [0.29, 0.717) is 25.9 Å². The summed E-state index contributed by atoms with van der Waals surface area (Å²) in [5.74, 6) is -0.00546. The van der Waals surface area contributed by atoms with E-state index in [1.165, 1.54) is 405 Å². The van der Waals surface area contributed by atoms with E-state index in [1.807, 2.05) is 0 Å². The van der Waals surface area contributed by atoms with E-state index in [0.717, 1.165) is 38.5 Å². The predicted octanol–water partition coefficient (Wildman–Crippen LogP) is 27.1. The van der Waals surface area contributed by atoms with Crippen molar-refractivity contribution in [3.05, 3.63) is 12.2 Å². The minimum absolute atomic E-state index is 0.0200. The lowest BCUT2D eigenvalue weighted by atomic mass is 10.0. The molecule has 0 aromatic carbocycles. The number of carbonyl (C=O) groups excluding carboxylic acids is 2. The minimum Gasteiger partial charge on any atom is -0.466 e. The third-order valence-corrected chi connectivity index (χ3v) is 19.6. The molecule has 0 aliphatic heterocycles. The highest BCUT2D eigenvalue weighted by molar-refractivity contribution is 5.76. The van der Waals surface area contributed by atoms with Gasteiger partial charge in [0.05, 0.1) is 25.4 Å². The molecule has 0 heterocycles. The zero-order valence-corrected chi connectivity index (χ0v) is 60.3. The first-order valence-electron chi connectivity index (χ1n) is 40.9. The van der Waals surface area contributed by atoms with Gasteiger partial charge in [0.25, 0.3) is 0 Å². The third-order valence-electron chi connectivity index (χ3n) is 19.6. The molecule has 0 bridgehead atoms. The molecule has 0 rings (SSSR count). The molecule has 0 aromatic heterocycles. The first kappa shape index (κ1) is 86.6. The fourth-order valence-corrected chi connectivity index (χ4v) is 13.3. The van der Waals surface area contributed by atoms with E-state index in [2.05, 4.69) is 31.3 Å². The molecule has 0 fully saturated rings. The molecule has 0 aliphatic rings. The van der Waals surface area contributed by atoms with E-state index < -0.39 is 12.1 Å². The van der Waals surface area contributed by atoms with Gasteiger partial charge in [0.2, 0.25) is 5.91 Å². The fraction of sp³-hybridized carbons (Fsp3) is 0.951. The van der Waals surface area contributed by atoms with Crippen LogP contribution in [0.4, 0.5) is 0 Å². The molecule has 6 heteroatoms. The van der Waals surface area contributed by atoms with Crippen molar-refractivity contribution in [2.45, 2.75) is 488 Å². The Balaban J connectivity index is 3.33. The Bertz CT molecular complexity index is 1340. The van der Waals surface area contributed by atoms with Crippen molar-refractivity contribution in [3.8, 4) is 0 Å². The standard InChI is InChI=1S/C82H161NO5/c1-3-5-7-9-11-13-15-17-19-21-23-24-25-32-35-39-42-46-50-54-58-62-66-70-74-80(85)79(78-84)83-81(86)75-71-67-63-59-55-51-47-43-40-36-33-30-28-26-27-29-31-34-37-41-45-49-53-57-61-65-69-73-77-88-82(87)76-72-68-64-60-56-52-48-44-38-22-20-18-16-14-12-10-8-6-4-2/h18,20,79-80,84-85H,3-17,19,21-78H2,1-2H3,(H,83,86)/b20-18-. The minimum atomic E-state index is -0.663. The molecule has 2 atom stereocenters. The van der Waals surface area contributed by atoms with Crippen LogP contribution in [0.15, 0.2) is 12.2 Å². The van der Waals surface area contributed by atoms with Crippen LogP contribution in [-0.4, -0.2) is 47.4 Å². The highest BCUT2D eigenvalue weighted by Gasteiger charge is 2.20. The molecule has 3 N–H and O–H groups in total. The number of hydrogen-bond donors (Lipinski definition) is 3. The second kappa shape index (κ2) is 78.0. The fourth-order valence-electron chi connectivity index (χ4n) is 13.3. The molecule has 0 spiro atoms. The maximum absolute atomic E-state index is 12.6. The second-order valence-electron chi connectivity index (χ2n) is 28.5. The lowest BCUT2D eigenvalue weighted by Gasteiger charge is -2.22. The van der Waals surface area contributed by atoms with Crippen LogP contribution >= 0.6 is 0 Å². The van der Waals surface area contributed by atoms with Crippen molar-refractivity contribution in [2.24, 2.45) is 0 Å². The monoisotopic (exact) mass is 1240 g/mol. The average molecular weight is 1240 g/mol. The molecule has 88 heavy (non-hydrogen) atoms. The van der Waals surface area contributed by atoms with E-state index in [-0.39, 0.29) is 18.5 Å². The summed E-state index contributed by atoms with van der Waals surface area (Å²) in [7, 11) is 0. The van der Waals surface area contributed by atoms with Gasteiger partial charge in [0.1, 0.15) is 0 Å². The Morgan fingerprint density at radius 3 is 0.807 bits per heavy atom. The number of carbonyl (C=O) groups is 2. The van der Waals surface area contributed by atoms with Crippen molar-refractivity contribution in [2.75, 3.05) is 13.2 Å². The van der Waals surface area contributed by atoms with Crippen molar-refractivity contribution >= 4 is 11.9 Å². The summed E-state index contributed by atoms with van der Waals surface area (Å²) in [6.07, 6.45) is 98.8. The van der Waals surface area contributed by atoms with Crippen LogP contribution in [0.2, 0.25) is 0 Å². The smallest absolute Gasteiger partial charge is 0.305 e. The Morgan fingerprint density at radius 2 is 0.534 bits per heavy atom. The van der Waals surface area contributed by atoms with Gasteiger partial charge in [-0.2, -0.15) is 0 Å². The van der Waals surface area contributed by atoms with Gasteiger partial charge in [-0.25, -0.2) is 0 Å². The van der Waals surface area contributed by atoms with E-state index in [1.54, 1.807) is 0 Å². The van der Waals surface area contributed by atoms with Crippen LogP contribution < -0.4 is 5.32 Å². The molecule has 2 unspecified atom stereocenters. The molecule has 524 valence electrons. The summed E-state index contributed by atoms with van der Waals surface area (Å²) in [5, 5.41) is 23.5. The number of hydrogen-bond acceptors (Lipinski definition) is 5. The first-order chi connectivity index (χ1) is 43.5. The van der Waals surface area contributed by atoms with Gasteiger partial charge in [-0.15, -0.1) is 0 Å². The van der Waals surface area contributed by atoms with Crippen LogP contribution in [0.25, 0.3) is 0 Å². The number of aliphatic hydroxyl groups is 2. The second-order valence-corrected chi connectivity index (χ2v) is 28.5. The lowest BCUT2D eigenvalue weighted by molar-refractivity contribution is -0.143. The highest BCUT2D eigenvalue weighted by atomic mass is 16.5. The SMILES string of the molecule is CCCCCCCC/C=C\CCCCCCCCCCCC(=O)OCCCCCCCCCCCCCCCCCCCCCCCCCCCCCCC(=O)NC(CO)C(O)CCCCCCCCCCCCCCCCCCCCCCCCCC. The Labute approximate surface area is 552 Å². The summed E-state index contributed by atoms with van der Waals surface area (Å²) in [4.78, 5) is 24.7. The highest BCUT2D eigenvalue weighted by Crippen LogP contribution is 2.21.